The zero-order valence-corrected chi connectivity index (χ0v) is 16.5. The lowest BCUT2D eigenvalue weighted by Crippen LogP contribution is -2.28. The van der Waals surface area contributed by atoms with Gasteiger partial charge in [-0.05, 0) is 48.1 Å². The van der Waals surface area contributed by atoms with E-state index in [0.717, 1.165) is 17.0 Å². The number of carbonyl (C=O) groups excluding carboxylic acids is 2. The van der Waals surface area contributed by atoms with Crippen LogP contribution in [0.5, 0.6) is 5.75 Å². The summed E-state index contributed by atoms with van der Waals surface area (Å²) in [6.45, 7) is 0.212. The third-order valence-electron chi connectivity index (χ3n) is 6.22. The van der Waals surface area contributed by atoms with E-state index in [0.29, 0.717) is 11.3 Å². The Morgan fingerprint density at radius 3 is 2.32 bits per heavy atom. The van der Waals surface area contributed by atoms with Crippen LogP contribution in [-0.2, 0) is 16.2 Å². The molecule has 0 unspecified atom stereocenters. The molecule has 1 saturated heterocycles. The highest BCUT2D eigenvalue weighted by atomic mass is 16.6. The average molecular weight is 417 g/mol. The number of allylic oxidation sites excluding steroid dienone is 2. The van der Waals surface area contributed by atoms with Crippen LogP contribution in [0, 0.1) is 33.8 Å². The predicted octanol–water partition coefficient (Wildman–Crippen LogP) is 3.31. The molecular weight excluding hydrogens is 398 g/mol. The quantitative estimate of drug-likeness (QED) is 0.236. The zero-order chi connectivity index (χ0) is 21.5. The van der Waals surface area contributed by atoms with Gasteiger partial charge in [0.1, 0.15) is 12.4 Å². The van der Waals surface area contributed by atoms with Crippen molar-refractivity contribution in [3.63, 3.8) is 0 Å². The largest absolute Gasteiger partial charge is 0.488 e. The molecule has 4 atom stereocenters. The van der Waals surface area contributed by atoms with Crippen LogP contribution in [0.25, 0.3) is 0 Å². The highest BCUT2D eigenvalue weighted by Crippen LogP contribution is 2.52. The number of nitro benzene ring substituents is 1. The molecule has 3 aliphatic rings. The summed E-state index contributed by atoms with van der Waals surface area (Å²) in [7, 11) is 0. The molecule has 0 aromatic heterocycles. The van der Waals surface area contributed by atoms with Crippen molar-refractivity contribution >= 4 is 23.7 Å². The molecule has 5 rings (SSSR count). The smallest absolute Gasteiger partial charge is 0.269 e. The summed E-state index contributed by atoms with van der Waals surface area (Å²) < 4.78 is 5.85. The Kier molecular flexibility index (Phi) is 4.62. The van der Waals surface area contributed by atoms with Gasteiger partial charge in [0, 0.05) is 17.7 Å². The summed E-state index contributed by atoms with van der Waals surface area (Å²) in [5.74, 6) is -0.208. The maximum atomic E-state index is 12.8. The molecule has 0 N–H and O–H groups in total. The summed E-state index contributed by atoms with van der Waals surface area (Å²) in [6.07, 6.45) is 6.44. The standard InChI is InChI=1S/C23H19N3O5/c27-22-20-15-7-8-16(11-15)21(20)23(28)25(22)24-12-17-3-1-2-4-19(17)31-13-14-5-9-18(10-6-14)26(29)30/h1-10,12,15-16,20-21H,11,13H2/b24-12-/t15-,16+,20-,21+. The zero-order valence-electron chi connectivity index (χ0n) is 16.5. The Balaban J connectivity index is 1.30. The van der Waals surface area contributed by atoms with Gasteiger partial charge in [0.15, 0.2) is 0 Å². The molecule has 8 heteroatoms. The van der Waals surface area contributed by atoms with Gasteiger partial charge in [-0.2, -0.15) is 10.1 Å². The molecular formula is C23H19N3O5. The average Bonchev–Trinajstić information content (AvgIpc) is 3.46. The van der Waals surface area contributed by atoms with Crippen LogP contribution in [0.1, 0.15) is 17.5 Å². The number of nitrogens with zero attached hydrogens (tertiary/aromatic N) is 3. The Labute approximate surface area is 178 Å². The number of fused-ring (bicyclic) bond motifs is 5. The normalized spacial score (nSPS) is 26.1. The van der Waals surface area contributed by atoms with E-state index in [1.54, 1.807) is 24.3 Å². The third-order valence-corrected chi connectivity index (χ3v) is 6.22. The first kappa shape index (κ1) is 19.2. The Bertz CT molecular complexity index is 1090. The molecule has 2 bridgehead atoms. The topological polar surface area (TPSA) is 102 Å². The Morgan fingerprint density at radius 1 is 1.03 bits per heavy atom. The number of amides is 2. The van der Waals surface area contributed by atoms with Crippen LogP contribution in [0.4, 0.5) is 5.69 Å². The summed E-state index contributed by atoms with van der Waals surface area (Å²) in [5.41, 5.74) is 1.42. The first-order valence-electron chi connectivity index (χ1n) is 10.1. The monoisotopic (exact) mass is 417 g/mol. The first-order chi connectivity index (χ1) is 15.0. The van der Waals surface area contributed by atoms with Gasteiger partial charge < -0.3 is 4.74 Å². The van der Waals surface area contributed by atoms with Gasteiger partial charge in [-0.1, -0.05) is 24.3 Å². The molecule has 2 aromatic carbocycles. The maximum Gasteiger partial charge on any atom is 0.269 e. The number of nitro groups is 1. The molecule has 31 heavy (non-hydrogen) atoms. The molecule has 2 fully saturated rings. The van der Waals surface area contributed by atoms with Crippen LogP contribution in [0.3, 0.4) is 0 Å². The fourth-order valence-electron chi connectivity index (χ4n) is 4.71. The number of non-ortho nitro benzene ring substituents is 1. The van der Waals surface area contributed by atoms with Crippen LogP contribution in [0.2, 0.25) is 0 Å². The minimum atomic E-state index is -0.451. The van der Waals surface area contributed by atoms with Crippen molar-refractivity contribution in [2.24, 2.45) is 28.8 Å². The molecule has 0 radical (unpaired) electrons. The second-order valence-corrected chi connectivity index (χ2v) is 7.98. The Morgan fingerprint density at radius 2 is 1.68 bits per heavy atom. The van der Waals surface area contributed by atoms with E-state index in [1.807, 2.05) is 24.3 Å². The van der Waals surface area contributed by atoms with Crippen LogP contribution >= 0.6 is 0 Å². The number of hydrogen-bond donors (Lipinski definition) is 0. The van der Waals surface area contributed by atoms with E-state index in [9.17, 15) is 19.7 Å². The van der Waals surface area contributed by atoms with E-state index in [4.69, 9.17) is 4.74 Å². The SMILES string of the molecule is O=C1[C@@H]2[C@H](C(=O)N1/N=C\c1ccccc1OCc1ccc([N+](=O)[O-])cc1)[C@@H]1C=C[C@H]2C1. The second kappa shape index (κ2) is 7.46. The Hall–Kier alpha value is -3.81. The van der Waals surface area contributed by atoms with Crippen LogP contribution in [0.15, 0.2) is 65.8 Å². The minimum Gasteiger partial charge on any atom is -0.488 e. The number of para-hydroxylation sites is 1. The summed E-state index contributed by atoms with van der Waals surface area (Å²) in [5, 5.41) is 16.0. The van der Waals surface area contributed by atoms with Crippen molar-refractivity contribution < 1.29 is 19.2 Å². The number of hydrazone groups is 1. The molecule has 2 aliphatic carbocycles. The van der Waals surface area contributed by atoms with E-state index in [2.05, 4.69) is 5.10 Å². The molecule has 1 heterocycles. The maximum absolute atomic E-state index is 12.8. The fraction of sp³-hybridized carbons (Fsp3) is 0.261. The molecule has 1 aliphatic heterocycles. The van der Waals surface area contributed by atoms with Crippen molar-refractivity contribution in [3.05, 3.63) is 81.9 Å². The highest BCUT2D eigenvalue weighted by molar-refractivity contribution is 6.06. The molecule has 156 valence electrons. The van der Waals surface area contributed by atoms with Gasteiger partial charge in [0.05, 0.1) is 23.0 Å². The van der Waals surface area contributed by atoms with Gasteiger partial charge in [0.2, 0.25) is 0 Å². The summed E-state index contributed by atoms with van der Waals surface area (Å²) in [4.78, 5) is 35.8. The van der Waals surface area contributed by atoms with Crippen LogP contribution in [-0.4, -0.2) is 28.0 Å². The number of imide groups is 1. The van der Waals surface area contributed by atoms with Gasteiger partial charge >= 0.3 is 0 Å². The highest BCUT2D eigenvalue weighted by Gasteiger charge is 2.59. The van der Waals surface area contributed by atoms with E-state index < -0.39 is 4.92 Å². The minimum absolute atomic E-state index is 0.0182. The first-order valence-corrected chi connectivity index (χ1v) is 10.1. The van der Waals surface area contributed by atoms with E-state index >= 15 is 0 Å². The number of hydrogen-bond acceptors (Lipinski definition) is 6. The molecule has 2 aromatic rings. The molecule has 1 saturated carbocycles. The van der Waals surface area contributed by atoms with E-state index in [-0.39, 0.29) is 47.8 Å². The number of ether oxygens (including phenoxy) is 1. The van der Waals surface area contributed by atoms with Gasteiger partial charge in [0.25, 0.3) is 17.5 Å². The van der Waals surface area contributed by atoms with Crippen molar-refractivity contribution in [2.75, 3.05) is 0 Å². The lowest BCUT2D eigenvalue weighted by Gasteiger charge is -2.13. The lowest BCUT2D eigenvalue weighted by molar-refractivity contribution is -0.384. The lowest BCUT2D eigenvalue weighted by atomic mass is 9.85. The van der Waals surface area contributed by atoms with Crippen molar-refractivity contribution in [1.29, 1.82) is 0 Å². The predicted molar refractivity (Wildman–Crippen MR) is 111 cm³/mol. The molecule has 0 spiro atoms. The van der Waals surface area contributed by atoms with Gasteiger partial charge in [-0.25, -0.2) is 0 Å². The number of benzene rings is 2. The summed E-state index contributed by atoms with van der Waals surface area (Å²) >= 11 is 0. The van der Waals surface area contributed by atoms with Gasteiger partial charge in [-0.15, -0.1) is 0 Å². The fourth-order valence-corrected chi connectivity index (χ4v) is 4.71. The van der Waals surface area contributed by atoms with Gasteiger partial charge in [-0.3, -0.25) is 19.7 Å². The number of carbonyl (C=O) groups is 2. The van der Waals surface area contributed by atoms with Crippen molar-refractivity contribution in [3.8, 4) is 5.75 Å². The molecule has 2 amide bonds. The van der Waals surface area contributed by atoms with Crippen molar-refractivity contribution in [1.82, 2.24) is 5.01 Å². The molecule has 8 nitrogen and oxygen atoms in total. The van der Waals surface area contributed by atoms with Crippen LogP contribution < -0.4 is 4.74 Å². The van der Waals surface area contributed by atoms with Crippen molar-refractivity contribution in [2.45, 2.75) is 13.0 Å². The second-order valence-electron chi connectivity index (χ2n) is 7.98. The number of rotatable bonds is 6. The third kappa shape index (κ3) is 3.30. The van der Waals surface area contributed by atoms with E-state index in [1.165, 1.54) is 18.3 Å². The summed E-state index contributed by atoms with van der Waals surface area (Å²) in [6, 6.07) is 13.3.